The molecule has 0 spiro atoms. The lowest BCUT2D eigenvalue weighted by atomic mass is 10.3. The number of fused-ring (bicyclic) bond motifs is 1. The molecule has 0 radical (unpaired) electrons. The van der Waals surface area contributed by atoms with Gasteiger partial charge < -0.3 is 20.3 Å². The van der Waals surface area contributed by atoms with E-state index >= 15 is 0 Å². The lowest BCUT2D eigenvalue weighted by Gasteiger charge is -2.11. The van der Waals surface area contributed by atoms with Crippen molar-refractivity contribution < 1.29 is 9.53 Å². The Morgan fingerprint density at radius 3 is 2.69 bits per heavy atom. The van der Waals surface area contributed by atoms with Crippen LogP contribution in [-0.2, 0) is 0 Å². The smallest absolute Gasteiger partial charge is 0.323 e. The lowest BCUT2D eigenvalue weighted by Crippen LogP contribution is -2.20. The number of carbonyl (C=O) groups is 1. The standard InChI is InChI=1S/C18H22N6O2/c1-13-10-19-17-16(11-20-24(17)12-13)22-18(25)21-14-4-6-15(7-5-14)26-9-8-23(2)3/h4-7,10-12H,8-9H2,1-3H3,(H2,21,22,25). The van der Waals surface area contributed by atoms with Crippen molar-refractivity contribution in [1.29, 1.82) is 0 Å². The number of likely N-dealkylation sites (N-methyl/N-ethyl adjacent to an activating group) is 1. The molecule has 0 bridgehead atoms. The van der Waals surface area contributed by atoms with Gasteiger partial charge in [-0.25, -0.2) is 14.3 Å². The van der Waals surface area contributed by atoms with Gasteiger partial charge in [-0.1, -0.05) is 0 Å². The molecule has 8 nitrogen and oxygen atoms in total. The first kappa shape index (κ1) is 17.7. The molecular weight excluding hydrogens is 332 g/mol. The maximum Gasteiger partial charge on any atom is 0.323 e. The molecule has 0 aliphatic carbocycles. The highest BCUT2D eigenvalue weighted by atomic mass is 16.5. The molecule has 1 aromatic carbocycles. The van der Waals surface area contributed by atoms with Crippen LogP contribution >= 0.6 is 0 Å². The summed E-state index contributed by atoms with van der Waals surface area (Å²) in [6.07, 6.45) is 5.15. The Morgan fingerprint density at radius 2 is 1.96 bits per heavy atom. The van der Waals surface area contributed by atoms with Gasteiger partial charge in [0.05, 0.1) is 6.20 Å². The van der Waals surface area contributed by atoms with E-state index in [-0.39, 0.29) is 6.03 Å². The number of urea groups is 1. The minimum Gasteiger partial charge on any atom is -0.492 e. The summed E-state index contributed by atoms with van der Waals surface area (Å²) < 4.78 is 7.26. The van der Waals surface area contributed by atoms with E-state index in [2.05, 4.69) is 25.6 Å². The average molecular weight is 354 g/mol. The van der Waals surface area contributed by atoms with Crippen molar-refractivity contribution in [2.24, 2.45) is 0 Å². The van der Waals surface area contributed by atoms with E-state index in [1.807, 2.05) is 39.3 Å². The van der Waals surface area contributed by atoms with E-state index in [4.69, 9.17) is 4.74 Å². The first-order chi connectivity index (χ1) is 12.5. The van der Waals surface area contributed by atoms with Gasteiger partial charge in [-0.2, -0.15) is 5.10 Å². The zero-order valence-electron chi connectivity index (χ0n) is 15.1. The summed E-state index contributed by atoms with van der Waals surface area (Å²) in [5, 5.41) is 9.72. The number of anilines is 2. The summed E-state index contributed by atoms with van der Waals surface area (Å²) in [7, 11) is 3.99. The molecule has 0 saturated heterocycles. The van der Waals surface area contributed by atoms with E-state index in [9.17, 15) is 4.79 Å². The maximum absolute atomic E-state index is 12.2. The Kier molecular flexibility index (Phi) is 5.33. The van der Waals surface area contributed by atoms with Gasteiger partial charge in [-0.05, 0) is 50.8 Å². The van der Waals surface area contributed by atoms with Crippen molar-refractivity contribution in [2.45, 2.75) is 6.92 Å². The summed E-state index contributed by atoms with van der Waals surface area (Å²) in [4.78, 5) is 18.5. The van der Waals surface area contributed by atoms with Crippen molar-refractivity contribution in [1.82, 2.24) is 19.5 Å². The quantitative estimate of drug-likeness (QED) is 0.711. The van der Waals surface area contributed by atoms with Crippen LogP contribution in [0.4, 0.5) is 16.2 Å². The van der Waals surface area contributed by atoms with Crippen LogP contribution in [0.3, 0.4) is 0 Å². The number of amides is 2. The van der Waals surface area contributed by atoms with Crippen LogP contribution in [0.2, 0.25) is 0 Å². The predicted octanol–water partition coefficient (Wildman–Crippen LogP) is 2.62. The molecule has 0 saturated carbocycles. The van der Waals surface area contributed by atoms with Gasteiger partial charge in [0, 0.05) is 24.6 Å². The van der Waals surface area contributed by atoms with E-state index in [0.29, 0.717) is 23.6 Å². The monoisotopic (exact) mass is 354 g/mol. The summed E-state index contributed by atoms with van der Waals surface area (Å²) in [5.74, 6) is 0.764. The molecule has 2 N–H and O–H groups in total. The minimum absolute atomic E-state index is 0.358. The Bertz CT molecular complexity index is 888. The van der Waals surface area contributed by atoms with Crippen LogP contribution in [0.1, 0.15) is 5.56 Å². The van der Waals surface area contributed by atoms with Gasteiger partial charge in [0.2, 0.25) is 0 Å². The highest BCUT2D eigenvalue weighted by molar-refractivity contribution is 6.01. The molecule has 8 heteroatoms. The normalized spacial score (nSPS) is 10.9. The highest BCUT2D eigenvalue weighted by Crippen LogP contribution is 2.17. The van der Waals surface area contributed by atoms with E-state index in [0.717, 1.165) is 17.9 Å². The van der Waals surface area contributed by atoms with Crippen molar-refractivity contribution in [3.05, 3.63) is 48.4 Å². The highest BCUT2D eigenvalue weighted by Gasteiger charge is 2.09. The van der Waals surface area contributed by atoms with Crippen LogP contribution in [0.5, 0.6) is 5.75 Å². The molecule has 0 atom stereocenters. The van der Waals surface area contributed by atoms with E-state index in [1.54, 1.807) is 29.0 Å². The minimum atomic E-state index is -0.358. The molecule has 3 aromatic rings. The first-order valence-electron chi connectivity index (χ1n) is 8.27. The maximum atomic E-state index is 12.2. The number of ether oxygens (including phenoxy) is 1. The number of benzene rings is 1. The molecule has 2 amide bonds. The number of nitrogens with one attached hydrogen (secondary N) is 2. The molecule has 0 fully saturated rings. The number of aryl methyl sites for hydroxylation is 1. The number of rotatable bonds is 6. The largest absolute Gasteiger partial charge is 0.492 e. The third-order valence-electron chi connectivity index (χ3n) is 3.65. The van der Waals surface area contributed by atoms with Gasteiger partial charge in [0.1, 0.15) is 18.0 Å². The Hall–Kier alpha value is -3.13. The van der Waals surface area contributed by atoms with Gasteiger partial charge in [0.15, 0.2) is 5.65 Å². The van der Waals surface area contributed by atoms with Gasteiger partial charge in [-0.15, -0.1) is 0 Å². The summed E-state index contributed by atoms with van der Waals surface area (Å²) >= 11 is 0. The second-order valence-electron chi connectivity index (χ2n) is 6.21. The molecule has 26 heavy (non-hydrogen) atoms. The van der Waals surface area contributed by atoms with Crippen LogP contribution in [0.15, 0.2) is 42.9 Å². The Balaban J connectivity index is 1.57. The molecular formula is C18H22N6O2. The van der Waals surface area contributed by atoms with Crippen LogP contribution in [-0.4, -0.2) is 52.8 Å². The SMILES string of the molecule is Cc1cnc2c(NC(=O)Nc3ccc(OCCN(C)C)cc3)cnn2c1. The number of hydrogen-bond donors (Lipinski definition) is 2. The number of aromatic nitrogens is 3. The predicted molar refractivity (Wildman–Crippen MR) is 101 cm³/mol. The lowest BCUT2D eigenvalue weighted by molar-refractivity contribution is 0.261. The van der Waals surface area contributed by atoms with Gasteiger partial charge in [-0.3, -0.25) is 0 Å². The summed E-state index contributed by atoms with van der Waals surface area (Å²) in [5.41, 5.74) is 2.80. The fourth-order valence-electron chi connectivity index (χ4n) is 2.32. The van der Waals surface area contributed by atoms with Crippen molar-refractivity contribution >= 4 is 23.1 Å². The molecule has 0 unspecified atom stereocenters. The second-order valence-corrected chi connectivity index (χ2v) is 6.21. The Morgan fingerprint density at radius 1 is 1.19 bits per heavy atom. The molecule has 2 heterocycles. The molecule has 0 aliphatic heterocycles. The number of carbonyl (C=O) groups excluding carboxylic acids is 1. The summed E-state index contributed by atoms with van der Waals surface area (Å²) in [6, 6.07) is 6.88. The molecule has 136 valence electrons. The van der Waals surface area contributed by atoms with Crippen LogP contribution in [0.25, 0.3) is 5.65 Å². The van der Waals surface area contributed by atoms with Crippen LogP contribution < -0.4 is 15.4 Å². The number of hydrogen-bond acceptors (Lipinski definition) is 5. The van der Waals surface area contributed by atoms with Gasteiger partial charge >= 0.3 is 6.03 Å². The zero-order valence-corrected chi connectivity index (χ0v) is 15.1. The van der Waals surface area contributed by atoms with Crippen molar-refractivity contribution in [3.63, 3.8) is 0 Å². The second kappa shape index (κ2) is 7.83. The number of nitrogens with zero attached hydrogens (tertiary/aromatic N) is 4. The molecule has 0 aliphatic rings. The van der Waals surface area contributed by atoms with Gasteiger partial charge in [0.25, 0.3) is 0 Å². The summed E-state index contributed by atoms with van der Waals surface area (Å²) in [6.45, 7) is 3.39. The van der Waals surface area contributed by atoms with E-state index < -0.39 is 0 Å². The zero-order chi connectivity index (χ0) is 18.5. The fourth-order valence-corrected chi connectivity index (χ4v) is 2.32. The van der Waals surface area contributed by atoms with E-state index in [1.165, 1.54) is 0 Å². The van der Waals surface area contributed by atoms with Crippen molar-refractivity contribution in [3.8, 4) is 5.75 Å². The first-order valence-corrected chi connectivity index (χ1v) is 8.27. The van der Waals surface area contributed by atoms with Crippen LogP contribution in [0, 0.1) is 6.92 Å². The third kappa shape index (κ3) is 4.48. The third-order valence-corrected chi connectivity index (χ3v) is 3.65. The fraction of sp³-hybridized carbons (Fsp3) is 0.278. The Labute approximate surface area is 151 Å². The van der Waals surface area contributed by atoms with Crippen molar-refractivity contribution in [2.75, 3.05) is 37.9 Å². The molecule has 3 rings (SSSR count). The topological polar surface area (TPSA) is 83.8 Å². The average Bonchev–Trinajstić information content (AvgIpc) is 2.98. The molecule has 2 aromatic heterocycles.